The van der Waals surface area contributed by atoms with Crippen molar-refractivity contribution in [1.29, 1.82) is 0 Å². The number of morpholine rings is 1. The van der Waals surface area contributed by atoms with Gasteiger partial charge in [-0.05, 0) is 18.9 Å². The second-order valence-electron chi connectivity index (χ2n) is 5.50. The molecule has 1 aromatic carbocycles. The molecule has 0 radical (unpaired) electrons. The average molecular weight is 312 g/mol. The first kappa shape index (κ1) is 16.3. The van der Waals surface area contributed by atoms with Crippen molar-refractivity contribution in [2.75, 3.05) is 40.0 Å². The number of carbonyl (C=O) groups is 1. The Balaban J connectivity index is 0.00000161. The molecular weight excluding hydrogens is 290 g/mol. The van der Waals surface area contributed by atoms with Gasteiger partial charge in [-0.1, -0.05) is 12.1 Å². The Hall–Kier alpha value is -1.10. The molecule has 1 aromatic rings. The van der Waals surface area contributed by atoms with Gasteiger partial charge < -0.3 is 9.47 Å². The number of ether oxygens (including phenoxy) is 2. The lowest BCUT2D eigenvalue weighted by atomic mass is 9.82. The molecule has 0 bridgehead atoms. The lowest BCUT2D eigenvalue weighted by molar-refractivity contribution is 0.0291. The molecule has 4 nitrogen and oxygen atoms in total. The fourth-order valence-corrected chi connectivity index (χ4v) is 3.18. The highest BCUT2D eigenvalue weighted by molar-refractivity contribution is 6.01. The van der Waals surface area contributed by atoms with Crippen molar-refractivity contribution in [3.8, 4) is 5.75 Å². The van der Waals surface area contributed by atoms with Crippen molar-refractivity contribution >= 4 is 18.2 Å². The number of benzene rings is 1. The smallest absolute Gasteiger partial charge is 0.167 e. The minimum atomic E-state index is 0. The van der Waals surface area contributed by atoms with Crippen LogP contribution >= 0.6 is 12.4 Å². The van der Waals surface area contributed by atoms with Gasteiger partial charge in [0.2, 0.25) is 0 Å². The Morgan fingerprint density at radius 1 is 1.33 bits per heavy atom. The molecule has 5 heteroatoms. The molecule has 1 saturated heterocycles. The summed E-state index contributed by atoms with van der Waals surface area (Å²) in [5.74, 6) is 1.24. The van der Waals surface area contributed by atoms with Gasteiger partial charge in [-0.15, -0.1) is 12.4 Å². The molecule has 2 aliphatic rings. The first-order valence-electron chi connectivity index (χ1n) is 7.30. The van der Waals surface area contributed by atoms with E-state index in [1.165, 1.54) is 0 Å². The maximum atomic E-state index is 12.6. The number of hydrogen-bond acceptors (Lipinski definition) is 4. The Labute approximate surface area is 131 Å². The van der Waals surface area contributed by atoms with Crippen LogP contribution in [-0.4, -0.2) is 50.6 Å². The molecule has 0 spiro atoms. The highest BCUT2D eigenvalue weighted by Gasteiger charge is 2.30. The minimum Gasteiger partial charge on any atom is -0.496 e. The van der Waals surface area contributed by atoms with Gasteiger partial charge in [0.15, 0.2) is 5.78 Å². The molecule has 0 amide bonds. The van der Waals surface area contributed by atoms with Gasteiger partial charge in [0.25, 0.3) is 0 Å². The largest absolute Gasteiger partial charge is 0.496 e. The van der Waals surface area contributed by atoms with E-state index in [1.54, 1.807) is 7.11 Å². The molecule has 1 heterocycles. The van der Waals surface area contributed by atoms with Crippen LogP contribution in [0.1, 0.15) is 22.3 Å². The maximum absolute atomic E-state index is 12.6. The first-order valence-corrected chi connectivity index (χ1v) is 7.30. The van der Waals surface area contributed by atoms with Crippen molar-refractivity contribution < 1.29 is 14.3 Å². The van der Waals surface area contributed by atoms with Crippen molar-refractivity contribution in [2.24, 2.45) is 5.92 Å². The third-order valence-electron chi connectivity index (χ3n) is 4.31. The standard InChI is InChI=1S/C16H21NO3.ClH/c1-19-15-4-2-3-14-13(15)6-5-12(16(14)18)11-17-7-9-20-10-8-17;/h2-4,12H,5-11H2,1H3;1H. The van der Waals surface area contributed by atoms with Crippen molar-refractivity contribution in [3.63, 3.8) is 0 Å². The van der Waals surface area contributed by atoms with E-state index in [-0.39, 0.29) is 24.1 Å². The van der Waals surface area contributed by atoms with Gasteiger partial charge in [0.05, 0.1) is 20.3 Å². The van der Waals surface area contributed by atoms with Crippen molar-refractivity contribution in [3.05, 3.63) is 29.3 Å². The molecule has 1 fully saturated rings. The van der Waals surface area contributed by atoms with Crippen LogP contribution in [0.4, 0.5) is 0 Å². The van der Waals surface area contributed by atoms with Crippen LogP contribution in [0.3, 0.4) is 0 Å². The van der Waals surface area contributed by atoms with Gasteiger partial charge >= 0.3 is 0 Å². The SMILES string of the molecule is COc1cccc2c1CCC(CN1CCOCC1)C2=O.Cl. The molecule has 1 aliphatic heterocycles. The molecule has 1 unspecified atom stereocenters. The molecule has 0 N–H and O–H groups in total. The number of methoxy groups -OCH3 is 1. The number of nitrogens with zero attached hydrogens (tertiary/aromatic N) is 1. The van der Waals surface area contributed by atoms with Gasteiger partial charge in [-0.2, -0.15) is 0 Å². The molecule has 1 atom stereocenters. The number of fused-ring (bicyclic) bond motifs is 1. The third kappa shape index (κ3) is 3.39. The second-order valence-corrected chi connectivity index (χ2v) is 5.50. The fraction of sp³-hybridized carbons (Fsp3) is 0.562. The number of halogens is 1. The molecule has 1 aliphatic carbocycles. The van der Waals surface area contributed by atoms with Crippen LogP contribution in [0.2, 0.25) is 0 Å². The van der Waals surface area contributed by atoms with Crippen molar-refractivity contribution in [2.45, 2.75) is 12.8 Å². The summed E-state index contributed by atoms with van der Waals surface area (Å²) in [4.78, 5) is 15.0. The van der Waals surface area contributed by atoms with E-state index in [4.69, 9.17) is 9.47 Å². The predicted molar refractivity (Wildman–Crippen MR) is 83.6 cm³/mol. The van der Waals surface area contributed by atoms with E-state index in [0.717, 1.165) is 62.6 Å². The average Bonchev–Trinajstić information content (AvgIpc) is 2.51. The number of carbonyl (C=O) groups excluding carboxylic acids is 1. The Morgan fingerprint density at radius 2 is 2.10 bits per heavy atom. The number of Topliss-reactive ketones (excluding diaryl/α,β-unsaturated/α-hetero) is 1. The van der Waals surface area contributed by atoms with Gasteiger partial charge in [0.1, 0.15) is 5.75 Å². The fourth-order valence-electron chi connectivity index (χ4n) is 3.18. The van der Waals surface area contributed by atoms with Gasteiger partial charge in [0, 0.05) is 36.7 Å². The number of hydrogen-bond donors (Lipinski definition) is 0. The summed E-state index contributed by atoms with van der Waals surface area (Å²) in [6.07, 6.45) is 1.85. The Morgan fingerprint density at radius 3 is 2.81 bits per heavy atom. The van der Waals surface area contributed by atoms with Crippen LogP contribution in [-0.2, 0) is 11.2 Å². The van der Waals surface area contributed by atoms with Crippen molar-refractivity contribution in [1.82, 2.24) is 4.90 Å². The minimum absolute atomic E-state index is 0. The summed E-state index contributed by atoms with van der Waals surface area (Å²) < 4.78 is 10.7. The predicted octanol–water partition coefficient (Wildman–Crippen LogP) is 2.19. The van der Waals surface area contributed by atoms with Crippen LogP contribution < -0.4 is 4.74 Å². The lowest BCUT2D eigenvalue weighted by Crippen LogP contribution is -2.42. The van der Waals surface area contributed by atoms with Crippen LogP contribution in [0.5, 0.6) is 5.75 Å². The van der Waals surface area contributed by atoms with E-state index in [1.807, 2.05) is 18.2 Å². The van der Waals surface area contributed by atoms with E-state index in [0.29, 0.717) is 0 Å². The third-order valence-corrected chi connectivity index (χ3v) is 4.31. The zero-order valence-electron chi connectivity index (χ0n) is 12.3. The highest BCUT2D eigenvalue weighted by atomic mass is 35.5. The zero-order valence-corrected chi connectivity index (χ0v) is 13.2. The van der Waals surface area contributed by atoms with Gasteiger partial charge in [-0.3, -0.25) is 9.69 Å². The van der Waals surface area contributed by atoms with E-state index in [9.17, 15) is 4.79 Å². The molecule has 0 saturated carbocycles. The molecular formula is C16H22ClNO3. The van der Waals surface area contributed by atoms with Crippen LogP contribution in [0, 0.1) is 5.92 Å². The number of ketones is 1. The summed E-state index contributed by atoms with van der Waals surface area (Å²) in [6, 6.07) is 5.78. The molecule has 116 valence electrons. The summed E-state index contributed by atoms with van der Waals surface area (Å²) in [6.45, 7) is 4.30. The topological polar surface area (TPSA) is 38.8 Å². The summed E-state index contributed by atoms with van der Waals surface area (Å²) in [5, 5.41) is 0. The molecule has 0 aromatic heterocycles. The van der Waals surface area contributed by atoms with Gasteiger partial charge in [-0.25, -0.2) is 0 Å². The Kier molecular flexibility index (Phi) is 5.62. The molecule has 21 heavy (non-hydrogen) atoms. The van der Waals surface area contributed by atoms with E-state index < -0.39 is 0 Å². The monoisotopic (exact) mass is 311 g/mol. The lowest BCUT2D eigenvalue weighted by Gasteiger charge is -2.32. The Bertz CT molecular complexity index is 500. The first-order chi connectivity index (χ1) is 9.79. The van der Waals surface area contributed by atoms with Crippen LogP contribution in [0.25, 0.3) is 0 Å². The number of rotatable bonds is 3. The zero-order chi connectivity index (χ0) is 13.9. The summed E-state index contributed by atoms with van der Waals surface area (Å²) in [5.41, 5.74) is 1.94. The maximum Gasteiger partial charge on any atom is 0.167 e. The van der Waals surface area contributed by atoms with E-state index in [2.05, 4.69) is 4.90 Å². The normalized spacial score (nSPS) is 22.3. The quantitative estimate of drug-likeness (QED) is 0.858. The van der Waals surface area contributed by atoms with Crippen LogP contribution in [0.15, 0.2) is 18.2 Å². The summed E-state index contributed by atoms with van der Waals surface area (Å²) in [7, 11) is 1.67. The molecule has 3 rings (SSSR count). The second kappa shape index (κ2) is 7.25. The van der Waals surface area contributed by atoms with E-state index >= 15 is 0 Å². The summed E-state index contributed by atoms with van der Waals surface area (Å²) >= 11 is 0. The highest BCUT2D eigenvalue weighted by Crippen LogP contribution is 2.32.